The minimum absolute atomic E-state index is 0.173. The predicted molar refractivity (Wildman–Crippen MR) is 113 cm³/mol. The van der Waals surface area contributed by atoms with Gasteiger partial charge in [0.15, 0.2) is 11.6 Å². The molecule has 0 radical (unpaired) electrons. The number of benzene rings is 2. The second-order valence-corrected chi connectivity index (χ2v) is 7.41. The zero-order valence-corrected chi connectivity index (χ0v) is 18.1. The highest BCUT2D eigenvalue weighted by Crippen LogP contribution is 2.41. The summed E-state index contributed by atoms with van der Waals surface area (Å²) >= 11 is 3.58. The van der Waals surface area contributed by atoms with E-state index in [1.165, 1.54) is 39.1 Å². The summed E-state index contributed by atoms with van der Waals surface area (Å²) in [5, 5.41) is 0.928. The van der Waals surface area contributed by atoms with E-state index >= 15 is 0 Å². The van der Waals surface area contributed by atoms with Gasteiger partial charge < -0.3 is 4.74 Å². The zero-order chi connectivity index (χ0) is 18.6. The van der Waals surface area contributed by atoms with Gasteiger partial charge in [-0.15, -0.1) is 11.8 Å². The van der Waals surface area contributed by atoms with Gasteiger partial charge in [-0.25, -0.2) is 8.78 Å². The molecule has 3 aromatic rings. The fourth-order valence-electron chi connectivity index (χ4n) is 2.33. The molecule has 0 N–H and O–H groups in total. The molecule has 1 heterocycles. The van der Waals surface area contributed by atoms with Crippen molar-refractivity contribution in [3.63, 3.8) is 0 Å². The molecule has 0 unspecified atom stereocenters. The van der Waals surface area contributed by atoms with Crippen molar-refractivity contribution in [1.29, 1.82) is 0 Å². The number of thioether (sulfide) groups is 1. The van der Waals surface area contributed by atoms with Crippen LogP contribution in [0.15, 0.2) is 41.4 Å². The zero-order valence-electron chi connectivity index (χ0n) is 14.3. The molecule has 0 fully saturated rings. The molecule has 25 heavy (non-hydrogen) atoms. The van der Waals surface area contributed by atoms with Crippen LogP contribution in [-0.2, 0) is 0 Å². The molecule has 3 rings (SSSR count). The predicted octanol–water partition coefficient (Wildman–Crippen LogP) is 7.61. The van der Waals surface area contributed by atoms with E-state index in [0.29, 0.717) is 11.3 Å². The summed E-state index contributed by atoms with van der Waals surface area (Å²) in [7, 11) is 1.47. The van der Waals surface area contributed by atoms with Crippen LogP contribution in [0.1, 0.15) is 19.4 Å². The summed E-state index contributed by atoms with van der Waals surface area (Å²) in [6.45, 7) is 5.65. The number of fused-ring (bicyclic) bond motifs is 1. The molecule has 0 aliphatic rings. The molecule has 0 spiro atoms. The van der Waals surface area contributed by atoms with E-state index in [2.05, 4.69) is 21.2 Å². The minimum Gasteiger partial charge on any atom is -0.453 e. The highest BCUT2D eigenvalue weighted by atomic mass is 127. The van der Waals surface area contributed by atoms with Crippen LogP contribution in [0.5, 0.6) is 11.5 Å². The number of aromatic nitrogens is 1. The molecule has 0 aliphatic carbocycles. The van der Waals surface area contributed by atoms with Gasteiger partial charge in [-0.2, -0.15) is 0 Å². The lowest BCUT2D eigenvalue weighted by Crippen LogP contribution is -1.94. The van der Waals surface area contributed by atoms with Crippen LogP contribution in [0, 0.1) is 18.6 Å². The quantitative estimate of drug-likeness (QED) is 0.275. The van der Waals surface area contributed by atoms with Gasteiger partial charge in [0.2, 0.25) is 0 Å². The number of rotatable bonds is 4. The summed E-state index contributed by atoms with van der Waals surface area (Å²) in [5.74, 6) is -0.156. The van der Waals surface area contributed by atoms with Crippen LogP contribution in [0.3, 0.4) is 0 Å². The van der Waals surface area contributed by atoms with Crippen molar-refractivity contribution < 1.29 is 13.5 Å². The number of halogens is 3. The molecule has 134 valence electrons. The molecule has 0 amide bonds. The van der Waals surface area contributed by atoms with Crippen molar-refractivity contribution in [2.45, 2.75) is 25.7 Å². The summed E-state index contributed by atoms with van der Waals surface area (Å²) in [4.78, 5) is 0.728. The maximum absolute atomic E-state index is 14.6. The first-order valence-corrected chi connectivity index (χ1v) is 12.2. The molecule has 0 saturated heterocycles. The van der Waals surface area contributed by atoms with Gasteiger partial charge in [-0.05, 0) is 43.0 Å². The van der Waals surface area contributed by atoms with Crippen LogP contribution in [0.25, 0.3) is 10.9 Å². The Morgan fingerprint density at radius 2 is 1.80 bits per heavy atom. The molecular formula is C18H18F2INOS2. The second kappa shape index (κ2) is 9.14. The lowest BCUT2D eigenvalue weighted by Gasteiger charge is -2.13. The highest BCUT2D eigenvalue weighted by Gasteiger charge is 2.18. The summed E-state index contributed by atoms with van der Waals surface area (Å²) in [6, 6.07) is 7.79. The van der Waals surface area contributed by atoms with E-state index in [1.54, 1.807) is 13.0 Å². The highest BCUT2D eigenvalue weighted by molar-refractivity contribution is 14.2. The first-order valence-electron chi connectivity index (χ1n) is 7.65. The monoisotopic (exact) mass is 493 g/mol. The normalized spacial score (nSPS) is 10.5. The average molecular weight is 493 g/mol. The van der Waals surface area contributed by atoms with Crippen molar-refractivity contribution in [3.8, 4) is 11.5 Å². The number of hydrogen-bond donors (Lipinski definition) is 0. The van der Waals surface area contributed by atoms with Crippen molar-refractivity contribution in [1.82, 2.24) is 3.97 Å². The summed E-state index contributed by atoms with van der Waals surface area (Å²) < 4.78 is 35.6. The Morgan fingerprint density at radius 1 is 1.08 bits per heavy atom. The first-order chi connectivity index (χ1) is 12.0. The van der Waals surface area contributed by atoms with Crippen molar-refractivity contribution in [2.75, 3.05) is 6.26 Å². The fraction of sp³-hybridized carbons (Fsp3) is 0.222. The largest absolute Gasteiger partial charge is 0.453 e. The summed E-state index contributed by atoms with van der Waals surface area (Å²) in [5.41, 5.74) is 1.26. The van der Waals surface area contributed by atoms with Gasteiger partial charge in [0, 0.05) is 48.0 Å². The Morgan fingerprint density at radius 3 is 2.40 bits per heavy atom. The van der Waals surface area contributed by atoms with Crippen LogP contribution in [-0.4, -0.2) is 10.2 Å². The molecular weight excluding hydrogens is 475 g/mol. The Labute approximate surface area is 167 Å². The smallest absolute Gasteiger partial charge is 0.177 e. The maximum Gasteiger partial charge on any atom is 0.177 e. The molecule has 1 aromatic heterocycles. The number of hydrogen-bond acceptors (Lipinski definition) is 3. The minimum atomic E-state index is -0.436. The second-order valence-electron chi connectivity index (χ2n) is 4.88. The Hall–Kier alpha value is -0.930. The molecule has 0 saturated carbocycles. The number of nitrogens with zero attached hydrogens (tertiary/aromatic N) is 1. The van der Waals surface area contributed by atoms with Crippen LogP contribution >= 0.6 is 42.1 Å². The fourth-order valence-corrected chi connectivity index (χ4v) is 4.41. The number of aryl methyl sites for hydroxylation is 1. The summed E-state index contributed by atoms with van der Waals surface area (Å²) in [6.07, 6.45) is 3.78. The Kier molecular flexibility index (Phi) is 7.45. The topological polar surface area (TPSA) is 14.2 Å². The van der Waals surface area contributed by atoms with E-state index in [4.69, 9.17) is 4.74 Å². The van der Waals surface area contributed by atoms with Crippen LogP contribution < -0.4 is 4.74 Å². The molecule has 0 aliphatic heterocycles. The van der Waals surface area contributed by atoms with E-state index in [1.807, 2.05) is 36.3 Å². The average Bonchev–Trinajstić information content (AvgIpc) is 3.03. The number of ether oxygens (including phenoxy) is 1. The van der Waals surface area contributed by atoms with Gasteiger partial charge in [0.1, 0.15) is 11.6 Å². The van der Waals surface area contributed by atoms with Gasteiger partial charge in [0.25, 0.3) is 0 Å². The first kappa shape index (κ1) is 20.4. The molecule has 2 nitrogen and oxygen atoms in total. The van der Waals surface area contributed by atoms with Crippen LogP contribution in [0.4, 0.5) is 8.78 Å². The maximum atomic E-state index is 14.6. The van der Waals surface area contributed by atoms with Crippen molar-refractivity contribution in [2.24, 2.45) is 0 Å². The SMILES string of the molecule is CC.CSc1c(Oc2ccc(F)c(C)c2)c(F)cc2c1ccn2SI. The van der Waals surface area contributed by atoms with E-state index in [9.17, 15) is 8.78 Å². The molecule has 0 bridgehead atoms. The third-order valence-electron chi connectivity index (χ3n) is 3.45. The molecule has 7 heteroatoms. The lowest BCUT2D eigenvalue weighted by molar-refractivity contribution is 0.431. The van der Waals surface area contributed by atoms with Gasteiger partial charge >= 0.3 is 0 Å². The van der Waals surface area contributed by atoms with Gasteiger partial charge in [0.05, 0.1) is 10.4 Å². The van der Waals surface area contributed by atoms with Crippen LogP contribution in [0.2, 0.25) is 0 Å². The lowest BCUT2D eigenvalue weighted by atomic mass is 10.2. The van der Waals surface area contributed by atoms with Crippen molar-refractivity contribution >= 4 is 53.0 Å². The van der Waals surface area contributed by atoms with E-state index in [-0.39, 0.29) is 11.6 Å². The Balaban J connectivity index is 0.00000109. The van der Waals surface area contributed by atoms with E-state index in [0.717, 1.165) is 15.8 Å². The van der Waals surface area contributed by atoms with Crippen molar-refractivity contribution in [3.05, 3.63) is 53.7 Å². The third kappa shape index (κ3) is 4.25. The van der Waals surface area contributed by atoms with Gasteiger partial charge in [-0.1, -0.05) is 13.8 Å². The third-order valence-corrected chi connectivity index (χ3v) is 6.00. The molecule has 2 aromatic carbocycles. The van der Waals surface area contributed by atoms with E-state index < -0.39 is 5.82 Å². The molecule has 0 atom stereocenters. The Bertz CT molecular complexity index is 883. The van der Waals surface area contributed by atoms with Gasteiger partial charge in [-0.3, -0.25) is 3.97 Å². The standard InChI is InChI=1S/C16H12F2INOS2.C2H6/c1-9-7-10(3-4-12(9)17)21-15-13(18)8-14-11(16(15)22-2)5-6-20(14)23-19;1-2/h3-8H,1-2H3;1-2H3.